The fourth-order valence-corrected chi connectivity index (χ4v) is 3.95. The van der Waals surface area contributed by atoms with Gasteiger partial charge in [-0.25, -0.2) is 0 Å². The molecule has 1 atom stereocenters. The lowest BCUT2D eigenvalue weighted by Crippen LogP contribution is -2.66. The second-order valence-corrected chi connectivity index (χ2v) is 7.57. The monoisotopic (exact) mass is 355 g/mol. The fourth-order valence-electron chi connectivity index (χ4n) is 3.95. The van der Waals surface area contributed by atoms with Crippen molar-refractivity contribution in [3.63, 3.8) is 0 Å². The normalized spacial score (nSPS) is 21.8. The molecule has 26 heavy (non-hydrogen) atoms. The van der Waals surface area contributed by atoms with Gasteiger partial charge in [0.2, 0.25) is 0 Å². The summed E-state index contributed by atoms with van der Waals surface area (Å²) in [5.41, 5.74) is 0.571. The first-order valence-corrected chi connectivity index (χ1v) is 9.18. The molecule has 0 aliphatic carbocycles. The molecule has 2 aliphatic heterocycles. The molecule has 4 heterocycles. The van der Waals surface area contributed by atoms with Crippen molar-refractivity contribution in [1.82, 2.24) is 14.8 Å². The molecule has 0 N–H and O–H groups in total. The van der Waals surface area contributed by atoms with E-state index in [-0.39, 0.29) is 11.5 Å². The Labute approximate surface area is 153 Å². The zero-order chi connectivity index (χ0) is 18.0. The molecule has 138 valence electrons. The van der Waals surface area contributed by atoms with Crippen molar-refractivity contribution in [2.45, 2.75) is 25.0 Å². The molecule has 0 saturated carbocycles. The molecule has 2 aliphatic rings. The van der Waals surface area contributed by atoms with Gasteiger partial charge in [-0.15, -0.1) is 0 Å². The second kappa shape index (κ2) is 7.21. The maximum atomic E-state index is 12.4. The second-order valence-electron chi connectivity index (χ2n) is 7.57. The Bertz CT molecular complexity index is 716. The summed E-state index contributed by atoms with van der Waals surface area (Å²) in [6.45, 7) is 3.98. The van der Waals surface area contributed by atoms with Crippen molar-refractivity contribution in [1.29, 1.82) is 0 Å². The summed E-state index contributed by atoms with van der Waals surface area (Å²) in [7, 11) is 2.12. The SMILES string of the molecule is CN(Cc1ccco1)C[C@@H]1CCC2(CN(C(=O)c3ccncc3)C2)OC1. The first-order valence-electron chi connectivity index (χ1n) is 9.18. The molecular weight excluding hydrogens is 330 g/mol. The molecule has 4 rings (SSSR count). The van der Waals surface area contributed by atoms with Crippen LogP contribution in [0.4, 0.5) is 0 Å². The summed E-state index contributed by atoms with van der Waals surface area (Å²) in [5, 5.41) is 0. The number of likely N-dealkylation sites (tertiary alicyclic amines) is 1. The van der Waals surface area contributed by atoms with Crippen molar-refractivity contribution >= 4 is 5.91 Å². The number of hydrogen-bond donors (Lipinski definition) is 0. The molecule has 2 fully saturated rings. The van der Waals surface area contributed by atoms with E-state index in [1.165, 1.54) is 0 Å². The number of carbonyl (C=O) groups excluding carboxylic acids is 1. The summed E-state index contributed by atoms with van der Waals surface area (Å²) in [5.74, 6) is 1.59. The highest BCUT2D eigenvalue weighted by Gasteiger charge is 2.48. The van der Waals surface area contributed by atoms with E-state index in [1.54, 1.807) is 30.8 Å². The van der Waals surface area contributed by atoms with Gasteiger partial charge in [0.25, 0.3) is 5.91 Å². The summed E-state index contributed by atoms with van der Waals surface area (Å²) in [6, 6.07) is 7.46. The van der Waals surface area contributed by atoms with Crippen molar-refractivity contribution in [2.75, 3.05) is 33.3 Å². The lowest BCUT2D eigenvalue weighted by Gasteiger charge is -2.53. The molecule has 0 aromatic carbocycles. The van der Waals surface area contributed by atoms with E-state index in [2.05, 4.69) is 16.9 Å². The van der Waals surface area contributed by atoms with Gasteiger partial charge in [0.1, 0.15) is 11.4 Å². The van der Waals surface area contributed by atoms with Gasteiger partial charge < -0.3 is 14.1 Å². The molecular formula is C20H25N3O3. The number of rotatable bonds is 5. The van der Waals surface area contributed by atoms with E-state index >= 15 is 0 Å². The predicted octanol–water partition coefficient (Wildman–Crippen LogP) is 2.43. The van der Waals surface area contributed by atoms with Gasteiger partial charge in [0.05, 0.1) is 32.5 Å². The van der Waals surface area contributed by atoms with Crippen LogP contribution in [0.5, 0.6) is 0 Å². The molecule has 1 spiro atoms. The third-order valence-electron chi connectivity index (χ3n) is 5.38. The summed E-state index contributed by atoms with van der Waals surface area (Å²) in [4.78, 5) is 20.6. The molecule has 0 unspecified atom stereocenters. The first-order chi connectivity index (χ1) is 12.6. The number of aromatic nitrogens is 1. The van der Waals surface area contributed by atoms with Crippen molar-refractivity contribution < 1.29 is 13.9 Å². The van der Waals surface area contributed by atoms with Crippen LogP contribution in [-0.2, 0) is 11.3 Å². The molecule has 1 amide bonds. The van der Waals surface area contributed by atoms with Gasteiger partial charge in [-0.3, -0.25) is 14.7 Å². The van der Waals surface area contributed by atoms with Crippen LogP contribution in [0.1, 0.15) is 29.0 Å². The summed E-state index contributed by atoms with van der Waals surface area (Å²) >= 11 is 0. The average Bonchev–Trinajstić information content (AvgIpc) is 3.13. The minimum Gasteiger partial charge on any atom is -0.468 e. The maximum Gasteiger partial charge on any atom is 0.254 e. The quantitative estimate of drug-likeness (QED) is 0.824. The minimum atomic E-state index is -0.126. The third kappa shape index (κ3) is 3.66. The highest BCUT2D eigenvalue weighted by atomic mass is 16.5. The molecule has 2 saturated heterocycles. The number of amides is 1. The smallest absolute Gasteiger partial charge is 0.254 e. The standard InChI is InChI=1S/C20H25N3O3/c1-22(12-18-3-2-10-25-18)11-16-4-7-20(26-13-16)14-23(15-20)19(24)17-5-8-21-9-6-17/h2-3,5-6,8-10,16H,4,7,11-15H2,1H3/t16-/m0/s1. The van der Waals surface area contributed by atoms with Gasteiger partial charge in [-0.2, -0.15) is 0 Å². The van der Waals surface area contributed by atoms with Crippen LogP contribution in [0.25, 0.3) is 0 Å². The van der Waals surface area contributed by atoms with Gasteiger partial charge in [-0.05, 0) is 50.1 Å². The molecule has 0 radical (unpaired) electrons. The van der Waals surface area contributed by atoms with Crippen molar-refractivity contribution in [3.8, 4) is 0 Å². The Morgan fingerprint density at radius 1 is 1.35 bits per heavy atom. The van der Waals surface area contributed by atoms with Crippen molar-refractivity contribution in [3.05, 3.63) is 54.2 Å². The highest BCUT2D eigenvalue weighted by Crippen LogP contribution is 2.36. The molecule has 2 aromatic heterocycles. The van der Waals surface area contributed by atoms with Gasteiger partial charge in [0, 0.05) is 24.5 Å². The zero-order valence-corrected chi connectivity index (χ0v) is 15.1. The highest BCUT2D eigenvalue weighted by molar-refractivity contribution is 5.94. The van der Waals surface area contributed by atoms with Crippen LogP contribution in [0, 0.1) is 5.92 Å². The Morgan fingerprint density at radius 3 is 2.81 bits per heavy atom. The third-order valence-corrected chi connectivity index (χ3v) is 5.38. The van der Waals surface area contributed by atoms with E-state index in [1.807, 2.05) is 17.0 Å². The molecule has 6 heteroatoms. The van der Waals surface area contributed by atoms with E-state index in [4.69, 9.17) is 9.15 Å². The molecule has 2 aromatic rings. The Hall–Kier alpha value is -2.18. The number of nitrogens with zero attached hydrogens (tertiary/aromatic N) is 3. The Kier molecular flexibility index (Phi) is 4.78. The molecule has 0 bridgehead atoms. The number of ether oxygens (including phenoxy) is 1. The van der Waals surface area contributed by atoms with E-state index < -0.39 is 0 Å². The number of furan rings is 1. The van der Waals surface area contributed by atoms with E-state index in [0.29, 0.717) is 24.6 Å². The number of carbonyl (C=O) groups is 1. The summed E-state index contributed by atoms with van der Waals surface area (Å²) < 4.78 is 11.6. The first kappa shape index (κ1) is 17.2. The lowest BCUT2D eigenvalue weighted by atomic mass is 9.82. The maximum absolute atomic E-state index is 12.4. The lowest BCUT2D eigenvalue weighted by molar-refractivity contribution is -0.168. The largest absolute Gasteiger partial charge is 0.468 e. The van der Waals surface area contributed by atoms with Crippen LogP contribution < -0.4 is 0 Å². The fraction of sp³-hybridized carbons (Fsp3) is 0.500. The van der Waals surface area contributed by atoms with E-state index in [0.717, 1.165) is 38.3 Å². The Balaban J connectivity index is 1.23. The predicted molar refractivity (Wildman–Crippen MR) is 96.6 cm³/mol. The van der Waals surface area contributed by atoms with Crippen LogP contribution in [-0.4, -0.2) is 59.6 Å². The van der Waals surface area contributed by atoms with Gasteiger partial charge in [0.15, 0.2) is 0 Å². The van der Waals surface area contributed by atoms with Crippen LogP contribution >= 0.6 is 0 Å². The van der Waals surface area contributed by atoms with Crippen LogP contribution in [0.3, 0.4) is 0 Å². The topological polar surface area (TPSA) is 58.8 Å². The van der Waals surface area contributed by atoms with Crippen LogP contribution in [0.2, 0.25) is 0 Å². The summed E-state index contributed by atoms with van der Waals surface area (Å²) in [6.07, 6.45) is 7.19. The van der Waals surface area contributed by atoms with Crippen molar-refractivity contribution in [2.24, 2.45) is 5.92 Å². The average molecular weight is 355 g/mol. The Morgan fingerprint density at radius 2 is 2.15 bits per heavy atom. The van der Waals surface area contributed by atoms with Gasteiger partial charge in [-0.1, -0.05) is 0 Å². The van der Waals surface area contributed by atoms with Crippen LogP contribution in [0.15, 0.2) is 47.3 Å². The van der Waals surface area contributed by atoms with Gasteiger partial charge >= 0.3 is 0 Å². The number of hydrogen-bond acceptors (Lipinski definition) is 5. The minimum absolute atomic E-state index is 0.0712. The van der Waals surface area contributed by atoms with E-state index in [9.17, 15) is 4.79 Å². The molecule has 6 nitrogen and oxygen atoms in total. The number of pyridine rings is 1. The zero-order valence-electron chi connectivity index (χ0n) is 15.1.